The van der Waals surface area contributed by atoms with Crippen LogP contribution >= 0.6 is 0 Å². The number of hydrogen-bond acceptors (Lipinski definition) is 5. The molecule has 2 heterocycles. The van der Waals surface area contributed by atoms with E-state index in [1.165, 1.54) is 11.1 Å². The smallest absolute Gasteiger partial charge is 0.127 e. The first-order valence-electron chi connectivity index (χ1n) is 10.2. The number of piperazine rings is 1. The molecule has 5 rings (SSSR count). The number of fused-ring (bicyclic) bond motifs is 2. The molecule has 0 spiro atoms. The summed E-state index contributed by atoms with van der Waals surface area (Å²) < 4.78 is 0. The summed E-state index contributed by atoms with van der Waals surface area (Å²) in [7, 11) is 2.18. The van der Waals surface area contributed by atoms with Gasteiger partial charge in [-0.2, -0.15) is 0 Å². The molecule has 2 aromatic carbocycles. The number of pyridine rings is 1. The van der Waals surface area contributed by atoms with Crippen molar-refractivity contribution >= 4 is 22.4 Å². The van der Waals surface area contributed by atoms with Gasteiger partial charge in [0.05, 0.1) is 11.6 Å². The number of likely N-dealkylation sites (N-methyl/N-ethyl adjacent to an activating group) is 1. The summed E-state index contributed by atoms with van der Waals surface area (Å²) in [5.41, 5.74) is 8.57. The molecule has 1 aliphatic carbocycles. The minimum atomic E-state index is 0.360. The SMILES string of the molecule is CN1CCN(Nc2ccc3nc(N[C@@H]4CCc5ccccc54)ccc3c2)CC1. The highest BCUT2D eigenvalue weighted by molar-refractivity contribution is 5.83. The molecule has 5 heteroatoms. The van der Waals surface area contributed by atoms with Crippen LogP contribution in [0.4, 0.5) is 11.5 Å². The number of anilines is 2. The van der Waals surface area contributed by atoms with E-state index in [2.05, 4.69) is 82.3 Å². The molecule has 1 atom stereocenters. The fraction of sp³-hybridized carbons (Fsp3) is 0.348. The van der Waals surface area contributed by atoms with E-state index in [-0.39, 0.29) is 0 Å². The summed E-state index contributed by atoms with van der Waals surface area (Å²) in [6.45, 7) is 4.28. The van der Waals surface area contributed by atoms with Crippen molar-refractivity contribution in [3.63, 3.8) is 0 Å². The minimum Gasteiger partial charge on any atom is -0.363 e. The number of aromatic nitrogens is 1. The van der Waals surface area contributed by atoms with E-state index in [4.69, 9.17) is 4.98 Å². The van der Waals surface area contributed by atoms with Gasteiger partial charge in [-0.15, -0.1) is 0 Å². The third-order valence-electron chi connectivity index (χ3n) is 5.93. The third kappa shape index (κ3) is 3.55. The summed E-state index contributed by atoms with van der Waals surface area (Å²) in [6.07, 6.45) is 2.27. The third-order valence-corrected chi connectivity index (χ3v) is 5.93. The molecule has 0 radical (unpaired) electrons. The Kier molecular flexibility index (Phi) is 4.63. The molecule has 0 amide bonds. The van der Waals surface area contributed by atoms with Crippen molar-refractivity contribution in [2.75, 3.05) is 44.0 Å². The number of rotatable bonds is 4. The zero-order valence-electron chi connectivity index (χ0n) is 16.4. The van der Waals surface area contributed by atoms with Gasteiger partial charge in [-0.25, -0.2) is 9.99 Å². The van der Waals surface area contributed by atoms with E-state index in [1.807, 2.05) is 0 Å². The topological polar surface area (TPSA) is 43.4 Å². The van der Waals surface area contributed by atoms with Gasteiger partial charge < -0.3 is 15.6 Å². The zero-order valence-corrected chi connectivity index (χ0v) is 16.4. The molecule has 1 saturated heterocycles. The number of hydrogen-bond donors (Lipinski definition) is 2. The number of hydrazine groups is 1. The lowest BCUT2D eigenvalue weighted by Gasteiger charge is -2.33. The highest BCUT2D eigenvalue weighted by Crippen LogP contribution is 2.33. The van der Waals surface area contributed by atoms with Crippen LogP contribution in [0.3, 0.4) is 0 Å². The summed E-state index contributed by atoms with van der Waals surface area (Å²) in [5.74, 6) is 0.953. The molecular weight excluding hydrogens is 346 g/mol. The van der Waals surface area contributed by atoms with Crippen LogP contribution in [0, 0.1) is 0 Å². The van der Waals surface area contributed by atoms with Crippen molar-refractivity contribution < 1.29 is 0 Å². The van der Waals surface area contributed by atoms with Crippen molar-refractivity contribution in [1.82, 2.24) is 14.9 Å². The molecule has 0 unspecified atom stereocenters. The number of benzene rings is 2. The van der Waals surface area contributed by atoms with Crippen LogP contribution in [0.5, 0.6) is 0 Å². The second-order valence-electron chi connectivity index (χ2n) is 7.94. The predicted octanol–water partition coefficient (Wildman–Crippen LogP) is 3.91. The van der Waals surface area contributed by atoms with E-state index >= 15 is 0 Å². The zero-order chi connectivity index (χ0) is 18.9. The van der Waals surface area contributed by atoms with Crippen molar-refractivity contribution in [2.24, 2.45) is 0 Å². The van der Waals surface area contributed by atoms with Gasteiger partial charge in [-0.05, 0) is 61.3 Å². The Hall–Kier alpha value is -2.63. The van der Waals surface area contributed by atoms with Gasteiger partial charge in [-0.3, -0.25) is 0 Å². The maximum Gasteiger partial charge on any atom is 0.127 e. The Bertz CT molecular complexity index is 978. The van der Waals surface area contributed by atoms with Crippen LogP contribution in [0.1, 0.15) is 23.6 Å². The lowest BCUT2D eigenvalue weighted by Crippen LogP contribution is -2.46. The second kappa shape index (κ2) is 7.41. The molecule has 3 aromatic rings. The van der Waals surface area contributed by atoms with Crippen LogP contribution in [-0.2, 0) is 6.42 Å². The molecular formula is C23H27N5. The van der Waals surface area contributed by atoms with Crippen LogP contribution in [-0.4, -0.2) is 48.1 Å². The van der Waals surface area contributed by atoms with Gasteiger partial charge in [-0.1, -0.05) is 24.3 Å². The molecule has 1 fully saturated rings. The van der Waals surface area contributed by atoms with Gasteiger partial charge >= 0.3 is 0 Å². The number of nitrogens with zero attached hydrogens (tertiary/aromatic N) is 3. The first-order valence-corrected chi connectivity index (χ1v) is 10.2. The van der Waals surface area contributed by atoms with Crippen molar-refractivity contribution in [3.05, 3.63) is 65.7 Å². The predicted molar refractivity (Wildman–Crippen MR) is 116 cm³/mol. The Morgan fingerprint density at radius 1 is 0.964 bits per heavy atom. The Morgan fingerprint density at radius 2 is 1.82 bits per heavy atom. The van der Waals surface area contributed by atoms with E-state index in [0.29, 0.717) is 6.04 Å². The summed E-state index contributed by atoms with van der Waals surface area (Å²) in [6, 6.07) is 19.8. The molecule has 28 heavy (non-hydrogen) atoms. The van der Waals surface area contributed by atoms with E-state index in [1.54, 1.807) is 0 Å². The maximum atomic E-state index is 4.85. The van der Waals surface area contributed by atoms with Gasteiger partial charge in [0.2, 0.25) is 0 Å². The molecule has 2 aliphatic rings. The molecule has 144 valence electrons. The summed E-state index contributed by atoms with van der Waals surface area (Å²) in [5, 5.41) is 7.09. The molecule has 0 saturated carbocycles. The number of nitrogens with one attached hydrogen (secondary N) is 2. The lowest BCUT2D eigenvalue weighted by molar-refractivity contribution is 0.179. The fourth-order valence-electron chi connectivity index (χ4n) is 4.26. The van der Waals surface area contributed by atoms with Crippen molar-refractivity contribution in [3.8, 4) is 0 Å². The fourth-order valence-corrected chi connectivity index (χ4v) is 4.26. The Labute approximate surface area is 166 Å². The first kappa shape index (κ1) is 17.5. The van der Waals surface area contributed by atoms with Gasteiger partial charge in [0.15, 0.2) is 0 Å². The van der Waals surface area contributed by atoms with Crippen LogP contribution in [0.15, 0.2) is 54.6 Å². The summed E-state index contributed by atoms with van der Waals surface area (Å²) >= 11 is 0. The standard InChI is InChI=1S/C23H27N5/c1-27-12-14-28(15-13-27)26-19-8-10-21-18(16-19)7-11-23(24-21)25-22-9-6-17-4-2-3-5-20(17)22/h2-5,7-8,10-11,16,22,26H,6,9,12-15H2,1H3,(H,24,25)/t22-/m1/s1. The van der Waals surface area contributed by atoms with Gasteiger partial charge in [0.25, 0.3) is 0 Å². The van der Waals surface area contributed by atoms with Crippen molar-refractivity contribution in [2.45, 2.75) is 18.9 Å². The Morgan fingerprint density at radius 3 is 2.71 bits per heavy atom. The number of aryl methyl sites for hydroxylation is 1. The monoisotopic (exact) mass is 373 g/mol. The van der Waals surface area contributed by atoms with Crippen LogP contribution < -0.4 is 10.7 Å². The summed E-state index contributed by atoms with van der Waals surface area (Å²) in [4.78, 5) is 7.21. The van der Waals surface area contributed by atoms with Crippen molar-refractivity contribution in [1.29, 1.82) is 0 Å². The van der Waals surface area contributed by atoms with E-state index in [0.717, 1.165) is 61.4 Å². The lowest BCUT2D eigenvalue weighted by atomic mass is 10.1. The van der Waals surface area contributed by atoms with Gasteiger partial charge in [0, 0.05) is 37.3 Å². The maximum absolute atomic E-state index is 4.85. The van der Waals surface area contributed by atoms with Crippen LogP contribution in [0.25, 0.3) is 10.9 Å². The normalized spacial score (nSPS) is 20.2. The molecule has 0 bridgehead atoms. The molecule has 2 N–H and O–H groups in total. The highest BCUT2D eigenvalue weighted by Gasteiger charge is 2.22. The average molecular weight is 374 g/mol. The van der Waals surface area contributed by atoms with Crippen LogP contribution in [0.2, 0.25) is 0 Å². The average Bonchev–Trinajstić information content (AvgIpc) is 3.13. The molecule has 1 aromatic heterocycles. The molecule has 1 aliphatic heterocycles. The quantitative estimate of drug-likeness (QED) is 0.726. The second-order valence-corrected chi connectivity index (χ2v) is 7.94. The molecule has 5 nitrogen and oxygen atoms in total. The highest BCUT2D eigenvalue weighted by atomic mass is 15.5. The Balaban J connectivity index is 1.30. The largest absolute Gasteiger partial charge is 0.363 e. The first-order chi connectivity index (χ1) is 13.7. The minimum absolute atomic E-state index is 0.360. The van der Waals surface area contributed by atoms with E-state index < -0.39 is 0 Å². The van der Waals surface area contributed by atoms with E-state index in [9.17, 15) is 0 Å². The van der Waals surface area contributed by atoms with Gasteiger partial charge in [0.1, 0.15) is 5.82 Å².